The molecule has 33 heavy (non-hydrogen) atoms. The van der Waals surface area contributed by atoms with Crippen LogP contribution in [0.2, 0.25) is 0 Å². The number of hydrogen-bond donors (Lipinski definition) is 1. The number of allylic oxidation sites excluding steroid dienone is 1. The van der Waals surface area contributed by atoms with Gasteiger partial charge < -0.3 is 15.0 Å². The van der Waals surface area contributed by atoms with E-state index in [9.17, 15) is 14.0 Å². The Balaban J connectivity index is 1.63. The maximum atomic E-state index is 13.7. The molecule has 6 nitrogen and oxygen atoms in total. The summed E-state index contributed by atoms with van der Waals surface area (Å²) in [5.41, 5.74) is 3.46. The standard InChI is InChI=1S/C25H24FN3O3S/c1-3-20-22(24(31)32-2)23(17-9-11-18(26)12-10-17)29-19(15-33-25(29)28-20)13-21(30)27-14-16-7-5-4-6-8-16/h4-12,15,23H,3,13-14H2,1-2H3,(H,27,30). The molecule has 1 unspecified atom stereocenters. The lowest BCUT2D eigenvalue weighted by atomic mass is 9.93. The van der Waals surface area contributed by atoms with Gasteiger partial charge in [-0.15, -0.1) is 0 Å². The van der Waals surface area contributed by atoms with E-state index in [-0.39, 0.29) is 18.1 Å². The number of esters is 1. The summed E-state index contributed by atoms with van der Waals surface area (Å²) in [5.74, 6) is -1.00. The number of nitrogens with zero attached hydrogens (tertiary/aromatic N) is 2. The van der Waals surface area contributed by atoms with Gasteiger partial charge in [0.05, 0.1) is 30.8 Å². The van der Waals surface area contributed by atoms with Crippen molar-refractivity contribution in [3.05, 3.63) is 93.9 Å². The maximum Gasteiger partial charge on any atom is 0.338 e. The Labute approximate surface area is 196 Å². The lowest BCUT2D eigenvalue weighted by Crippen LogP contribution is -2.38. The van der Waals surface area contributed by atoms with Gasteiger partial charge in [0, 0.05) is 12.2 Å². The Hall–Kier alpha value is -3.39. The Kier molecular flexibility index (Phi) is 6.93. The minimum atomic E-state index is -0.566. The average Bonchev–Trinajstić information content (AvgIpc) is 3.24. The minimum absolute atomic E-state index is 0.118. The Bertz CT molecular complexity index is 1140. The predicted octanol–water partition coefficient (Wildman–Crippen LogP) is 4.67. The van der Waals surface area contributed by atoms with E-state index in [2.05, 4.69) is 10.3 Å². The molecule has 170 valence electrons. The van der Waals surface area contributed by atoms with E-state index in [1.54, 1.807) is 12.1 Å². The van der Waals surface area contributed by atoms with Crippen LogP contribution >= 0.6 is 11.8 Å². The largest absolute Gasteiger partial charge is 0.466 e. The van der Waals surface area contributed by atoms with E-state index in [1.165, 1.54) is 31.0 Å². The first-order valence-electron chi connectivity index (χ1n) is 10.6. The smallest absolute Gasteiger partial charge is 0.338 e. The predicted molar refractivity (Wildman–Crippen MR) is 126 cm³/mol. The number of hydrogen-bond acceptors (Lipinski definition) is 6. The number of methoxy groups -OCH3 is 1. The monoisotopic (exact) mass is 465 g/mol. The third-order valence-corrected chi connectivity index (χ3v) is 6.38. The highest BCUT2D eigenvalue weighted by molar-refractivity contribution is 8.16. The second-order valence-electron chi connectivity index (χ2n) is 7.59. The van der Waals surface area contributed by atoms with Crippen molar-refractivity contribution in [2.75, 3.05) is 7.11 Å². The molecule has 0 saturated carbocycles. The van der Waals surface area contributed by atoms with Crippen molar-refractivity contribution in [1.82, 2.24) is 10.2 Å². The second-order valence-corrected chi connectivity index (χ2v) is 8.43. The van der Waals surface area contributed by atoms with Gasteiger partial charge in [0.25, 0.3) is 0 Å². The molecule has 1 amide bonds. The second kappa shape index (κ2) is 10.0. The van der Waals surface area contributed by atoms with E-state index < -0.39 is 12.0 Å². The SMILES string of the molecule is CCC1=C(C(=O)OC)C(c2ccc(F)cc2)N2C(CC(=O)NCc3ccccc3)=CSC2=N1. The summed E-state index contributed by atoms with van der Waals surface area (Å²) < 4.78 is 18.7. The van der Waals surface area contributed by atoms with Crippen molar-refractivity contribution in [3.8, 4) is 0 Å². The van der Waals surface area contributed by atoms with Gasteiger partial charge in [-0.05, 0) is 35.1 Å². The zero-order chi connectivity index (χ0) is 23.4. The van der Waals surface area contributed by atoms with E-state index in [0.717, 1.165) is 11.3 Å². The van der Waals surface area contributed by atoms with Crippen LogP contribution in [-0.4, -0.2) is 29.1 Å². The van der Waals surface area contributed by atoms with E-state index in [0.29, 0.717) is 35.0 Å². The summed E-state index contributed by atoms with van der Waals surface area (Å²) in [6.07, 6.45) is 0.652. The average molecular weight is 466 g/mol. The van der Waals surface area contributed by atoms with Gasteiger partial charge in [0.1, 0.15) is 5.82 Å². The molecule has 2 aliphatic rings. The molecule has 2 aromatic rings. The molecule has 0 saturated heterocycles. The van der Waals surface area contributed by atoms with Gasteiger partial charge in [0.15, 0.2) is 5.17 Å². The van der Waals surface area contributed by atoms with Crippen LogP contribution in [0.4, 0.5) is 4.39 Å². The van der Waals surface area contributed by atoms with Gasteiger partial charge in [-0.2, -0.15) is 0 Å². The quantitative estimate of drug-likeness (QED) is 0.602. The molecule has 1 atom stereocenters. The van der Waals surface area contributed by atoms with Crippen LogP contribution in [0, 0.1) is 5.82 Å². The molecule has 0 aliphatic carbocycles. The molecule has 8 heteroatoms. The highest BCUT2D eigenvalue weighted by atomic mass is 32.2. The van der Waals surface area contributed by atoms with Crippen molar-refractivity contribution in [1.29, 1.82) is 0 Å². The lowest BCUT2D eigenvalue weighted by Gasteiger charge is -2.36. The summed E-state index contributed by atoms with van der Waals surface area (Å²) in [7, 11) is 1.33. The first kappa shape index (κ1) is 22.8. The lowest BCUT2D eigenvalue weighted by molar-refractivity contribution is -0.136. The van der Waals surface area contributed by atoms with Crippen LogP contribution in [0.1, 0.15) is 36.9 Å². The molecule has 0 bridgehead atoms. The molecule has 0 spiro atoms. The highest BCUT2D eigenvalue weighted by Gasteiger charge is 2.41. The molecular weight excluding hydrogens is 441 g/mol. The molecule has 0 aromatic heterocycles. The third-order valence-electron chi connectivity index (χ3n) is 5.49. The zero-order valence-electron chi connectivity index (χ0n) is 18.4. The normalized spacial score (nSPS) is 17.3. The number of aliphatic imine (C=N–C) groups is 1. The minimum Gasteiger partial charge on any atom is -0.466 e. The number of carbonyl (C=O) groups is 2. The molecule has 1 N–H and O–H groups in total. The van der Waals surface area contributed by atoms with Gasteiger partial charge in [0.2, 0.25) is 5.91 Å². The van der Waals surface area contributed by atoms with Gasteiger partial charge >= 0.3 is 5.97 Å². The number of amidine groups is 1. The molecule has 0 radical (unpaired) electrons. The molecule has 0 fully saturated rings. The fourth-order valence-corrected chi connectivity index (χ4v) is 4.83. The van der Waals surface area contributed by atoms with Crippen LogP contribution in [-0.2, 0) is 20.9 Å². The first-order chi connectivity index (χ1) is 16.0. The van der Waals surface area contributed by atoms with Crippen molar-refractivity contribution >= 4 is 28.8 Å². The van der Waals surface area contributed by atoms with Crippen LogP contribution in [0.5, 0.6) is 0 Å². The van der Waals surface area contributed by atoms with E-state index in [1.807, 2.05) is 47.6 Å². The van der Waals surface area contributed by atoms with Crippen LogP contribution in [0.15, 0.2) is 82.0 Å². The van der Waals surface area contributed by atoms with Gasteiger partial charge in [-0.25, -0.2) is 14.2 Å². The third kappa shape index (κ3) is 4.85. The Morgan fingerprint density at radius 2 is 1.88 bits per heavy atom. The van der Waals surface area contributed by atoms with Crippen molar-refractivity contribution < 1.29 is 18.7 Å². The van der Waals surface area contributed by atoms with Crippen LogP contribution < -0.4 is 5.32 Å². The van der Waals surface area contributed by atoms with Gasteiger partial charge in [-0.1, -0.05) is 61.2 Å². The summed E-state index contributed by atoms with van der Waals surface area (Å²) in [4.78, 5) is 32.1. The number of carbonyl (C=O) groups excluding carboxylic acids is 2. The number of fused-ring (bicyclic) bond motifs is 1. The van der Waals surface area contributed by atoms with Crippen molar-refractivity contribution in [2.45, 2.75) is 32.4 Å². The number of thioether (sulfide) groups is 1. The number of ether oxygens (including phenoxy) is 1. The molecular formula is C25H24FN3O3S. The fourth-order valence-electron chi connectivity index (χ4n) is 3.90. The van der Waals surface area contributed by atoms with Crippen LogP contribution in [0.25, 0.3) is 0 Å². The van der Waals surface area contributed by atoms with Crippen molar-refractivity contribution in [3.63, 3.8) is 0 Å². The summed E-state index contributed by atoms with van der Waals surface area (Å²) >= 11 is 1.41. The Morgan fingerprint density at radius 1 is 1.15 bits per heavy atom. The maximum absolute atomic E-state index is 13.7. The molecule has 2 aliphatic heterocycles. The number of amides is 1. The summed E-state index contributed by atoms with van der Waals surface area (Å²) in [6.45, 7) is 2.35. The fraction of sp³-hybridized carbons (Fsp3) is 0.240. The van der Waals surface area contributed by atoms with Crippen LogP contribution in [0.3, 0.4) is 0 Å². The summed E-state index contributed by atoms with van der Waals surface area (Å²) in [5, 5.41) is 5.50. The number of nitrogens with one attached hydrogen (secondary N) is 1. The van der Waals surface area contributed by atoms with Gasteiger partial charge in [-0.3, -0.25) is 4.79 Å². The van der Waals surface area contributed by atoms with Crippen molar-refractivity contribution in [2.24, 2.45) is 4.99 Å². The number of benzene rings is 2. The zero-order valence-corrected chi connectivity index (χ0v) is 19.2. The number of rotatable bonds is 7. The van der Waals surface area contributed by atoms with E-state index in [4.69, 9.17) is 4.74 Å². The molecule has 2 heterocycles. The highest BCUT2D eigenvalue weighted by Crippen LogP contribution is 2.45. The molecule has 4 rings (SSSR count). The Morgan fingerprint density at radius 3 is 2.55 bits per heavy atom. The summed E-state index contributed by atoms with van der Waals surface area (Å²) in [6, 6.07) is 15.1. The first-order valence-corrected chi connectivity index (χ1v) is 11.5. The van der Waals surface area contributed by atoms with E-state index >= 15 is 0 Å². The topological polar surface area (TPSA) is 71.0 Å². The molecule has 2 aromatic carbocycles. The number of halogens is 1.